The lowest BCUT2D eigenvalue weighted by Gasteiger charge is -2.10. The first-order chi connectivity index (χ1) is 9.91. The molecule has 0 bridgehead atoms. The van der Waals surface area contributed by atoms with E-state index in [4.69, 9.17) is 5.11 Å². The van der Waals surface area contributed by atoms with E-state index >= 15 is 0 Å². The highest BCUT2D eigenvalue weighted by molar-refractivity contribution is 5.88. The number of carboxylic acid groups (broad SMARTS) is 1. The third-order valence-corrected chi connectivity index (χ3v) is 2.45. The van der Waals surface area contributed by atoms with E-state index in [0.29, 0.717) is 0 Å². The molecule has 0 unspecified atom stereocenters. The molecule has 5 nitrogen and oxygen atoms in total. The predicted molar refractivity (Wildman–Crippen MR) is 59.6 cm³/mol. The molecule has 0 atom stereocenters. The standard InChI is InChI=1S/C12H6F4N2O3/c13-6-1-7(14)10(16)11(9(6)15)21-3-8-5(12(19)20)2-17-4-18-8/h1-2,4H,3H2,(H,19,20). The SMILES string of the molecule is O=C(O)c1cncnc1COc1c(F)c(F)cc(F)c1F. The minimum absolute atomic E-state index is 0.0326. The Balaban J connectivity index is 2.31. The van der Waals surface area contributed by atoms with E-state index in [2.05, 4.69) is 14.7 Å². The lowest BCUT2D eigenvalue weighted by Crippen LogP contribution is -2.10. The molecule has 0 aliphatic rings. The van der Waals surface area contributed by atoms with Crippen LogP contribution in [0.3, 0.4) is 0 Å². The minimum atomic E-state index is -1.72. The molecule has 1 N–H and O–H groups in total. The predicted octanol–water partition coefficient (Wildman–Crippen LogP) is 2.31. The van der Waals surface area contributed by atoms with Crippen molar-refractivity contribution in [2.75, 3.05) is 0 Å². The summed E-state index contributed by atoms with van der Waals surface area (Å²) in [5, 5.41) is 8.86. The lowest BCUT2D eigenvalue weighted by atomic mass is 10.2. The Morgan fingerprint density at radius 2 is 1.81 bits per heavy atom. The smallest absolute Gasteiger partial charge is 0.339 e. The maximum atomic E-state index is 13.3. The van der Waals surface area contributed by atoms with Crippen LogP contribution in [0.15, 0.2) is 18.6 Å². The van der Waals surface area contributed by atoms with Crippen molar-refractivity contribution in [3.63, 3.8) is 0 Å². The molecule has 0 amide bonds. The first-order valence-electron chi connectivity index (χ1n) is 5.39. The van der Waals surface area contributed by atoms with Crippen LogP contribution in [0.4, 0.5) is 17.6 Å². The van der Waals surface area contributed by atoms with Crippen LogP contribution < -0.4 is 4.74 Å². The van der Waals surface area contributed by atoms with Crippen LogP contribution in [0.25, 0.3) is 0 Å². The molecule has 2 aromatic rings. The van der Waals surface area contributed by atoms with E-state index in [1.54, 1.807) is 0 Å². The molecule has 0 spiro atoms. The third-order valence-electron chi connectivity index (χ3n) is 2.45. The highest BCUT2D eigenvalue weighted by Gasteiger charge is 2.21. The van der Waals surface area contributed by atoms with Crippen LogP contribution in [-0.2, 0) is 6.61 Å². The summed E-state index contributed by atoms with van der Waals surface area (Å²) < 4.78 is 57.3. The van der Waals surface area contributed by atoms with Crippen LogP contribution in [0.1, 0.15) is 16.1 Å². The summed E-state index contributed by atoms with van der Waals surface area (Å²) in [5.41, 5.74) is -0.573. The highest BCUT2D eigenvalue weighted by atomic mass is 19.2. The first-order valence-corrected chi connectivity index (χ1v) is 5.39. The highest BCUT2D eigenvalue weighted by Crippen LogP contribution is 2.27. The Kier molecular flexibility index (Phi) is 4.01. The van der Waals surface area contributed by atoms with Gasteiger partial charge in [-0.3, -0.25) is 0 Å². The van der Waals surface area contributed by atoms with Gasteiger partial charge in [0.15, 0.2) is 17.4 Å². The van der Waals surface area contributed by atoms with Gasteiger partial charge in [0.05, 0.1) is 5.69 Å². The molecule has 1 aromatic carbocycles. The molecule has 0 aliphatic heterocycles. The molecule has 0 aliphatic carbocycles. The van der Waals surface area contributed by atoms with Crippen LogP contribution in [-0.4, -0.2) is 21.0 Å². The molecule has 0 saturated heterocycles. The summed E-state index contributed by atoms with van der Waals surface area (Å²) in [4.78, 5) is 17.9. The lowest BCUT2D eigenvalue weighted by molar-refractivity contribution is 0.0692. The number of aromatic nitrogens is 2. The van der Waals surface area contributed by atoms with Gasteiger partial charge in [0, 0.05) is 12.3 Å². The molecule has 9 heteroatoms. The monoisotopic (exact) mass is 302 g/mol. The number of ether oxygens (including phenoxy) is 1. The number of carboxylic acids is 1. The number of nitrogens with zero attached hydrogens (tertiary/aromatic N) is 2. The zero-order valence-corrected chi connectivity index (χ0v) is 10.1. The van der Waals surface area contributed by atoms with Crippen molar-refractivity contribution in [3.05, 3.63) is 53.1 Å². The zero-order valence-electron chi connectivity index (χ0n) is 10.1. The number of hydrogen-bond acceptors (Lipinski definition) is 4. The topological polar surface area (TPSA) is 72.3 Å². The molecule has 0 saturated carbocycles. The summed E-state index contributed by atoms with van der Waals surface area (Å²) in [7, 11) is 0. The fraction of sp³-hybridized carbons (Fsp3) is 0.0833. The van der Waals surface area contributed by atoms with Crippen molar-refractivity contribution in [2.45, 2.75) is 6.61 Å². The van der Waals surface area contributed by atoms with Gasteiger partial charge < -0.3 is 9.84 Å². The van der Waals surface area contributed by atoms with Gasteiger partial charge in [0.1, 0.15) is 18.5 Å². The van der Waals surface area contributed by atoms with Gasteiger partial charge in [0.25, 0.3) is 0 Å². The van der Waals surface area contributed by atoms with Crippen LogP contribution in [0.2, 0.25) is 0 Å². The van der Waals surface area contributed by atoms with Crippen LogP contribution in [0, 0.1) is 23.3 Å². The quantitative estimate of drug-likeness (QED) is 0.693. The van der Waals surface area contributed by atoms with Crippen molar-refractivity contribution in [1.29, 1.82) is 0 Å². The second-order valence-electron chi connectivity index (χ2n) is 3.77. The third kappa shape index (κ3) is 2.91. The van der Waals surface area contributed by atoms with Crippen LogP contribution in [0.5, 0.6) is 5.75 Å². The minimum Gasteiger partial charge on any atom is -0.481 e. The summed E-state index contributed by atoms with van der Waals surface area (Å²) in [5.74, 6) is -9.39. The number of benzene rings is 1. The van der Waals surface area contributed by atoms with E-state index in [1.807, 2.05) is 0 Å². The Morgan fingerprint density at radius 3 is 2.38 bits per heavy atom. The maximum Gasteiger partial charge on any atom is 0.339 e. The summed E-state index contributed by atoms with van der Waals surface area (Å²) in [6.45, 7) is -0.707. The summed E-state index contributed by atoms with van der Waals surface area (Å²) in [6, 6.07) is 0.0326. The van der Waals surface area contributed by atoms with Gasteiger partial charge >= 0.3 is 5.97 Å². The van der Waals surface area contributed by atoms with E-state index in [1.165, 1.54) is 0 Å². The number of hydrogen-bond donors (Lipinski definition) is 1. The first kappa shape index (κ1) is 14.7. The van der Waals surface area contributed by atoms with Crippen molar-refractivity contribution in [3.8, 4) is 5.75 Å². The van der Waals surface area contributed by atoms with Crippen molar-refractivity contribution >= 4 is 5.97 Å². The molecule has 1 aromatic heterocycles. The number of aromatic carboxylic acids is 1. The molecule has 2 rings (SSSR count). The van der Waals surface area contributed by atoms with Gasteiger partial charge in [-0.2, -0.15) is 8.78 Å². The largest absolute Gasteiger partial charge is 0.481 e. The molecule has 0 fully saturated rings. The van der Waals surface area contributed by atoms with Gasteiger partial charge in [-0.25, -0.2) is 23.5 Å². The second kappa shape index (κ2) is 5.73. The Bertz CT molecular complexity index is 683. The maximum absolute atomic E-state index is 13.3. The fourth-order valence-electron chi connectivity index (χ4n) is 1.47. The zero-order chi connectivity index (χ0) is 15.6. The number of halogens is 4. The Hall–Kier alpha value is -2.71. The van der Waals surface area contributed by atoms with Gasteiger partial charge in [0.2, 0.25) is 11.6 Å². The van der Waals surface area contributed by atoms with E-state index in [-0.39, 0.29) is 17.3 Å². The Morgan fingerprint density at radius 1 is 1.19 bits per heavy atom. The van der Waals surface area contributed by atoms with Crippen molar-refractivity contribution in [2.24, 2.45) is 0 Å². The van der Waals surface area contributed by atoms with Gasteiger partial charge in [-0.1, -0.05) is 0 Å². The van der Waals surface area contributed by atoms with Crippen molar-refractivity contribution < 1.29 is 32.2 Å². The van der Waals surface area contributed by atoms with Gasteiger partial charge in [-0.15, -0.1) is 0 Å². The molecular formula is C12H6F4N2O3. The molecule has 1 heterocycles. The fourth-order valence-corrected chi connectivity index (χ4v) is 1.47. The normalized spacial score (nSPS) is 10.5. The van der Waals surface area contributed by atoms with E-state index in [9.17, 15) is 22.4 Å². The Labute approximate surface area is 114 Å². The van der Waals surface area contributed by atoms with Crippen molar-refractivity contribution in [1.82, 2.24) is 9.97 Å². The van der Waals surface area contributed by atoms with E-state index < -0.39 is 41.6 Å². The van der Waals surface area contributed by atoms with Crippen LogP contribution >= 0.6 is 0 Å². The van der Waals surface area contributed by atoms with E-state index in [0.717, 1.165) is 12.5 Å². The summed E-state index contributed by atoms with van der Waals surface area (Å²) >= 11 is 0. The number of rotatable bonds is 4. The average Bonchev–Trinajstić information content (AvgIpc) is 2.45. The van der Waals surface area contributed by atoms with Gasteiger partial charge in [-0.05, 0) is 0 Å². The molecule has 0 radical (unpaired) electrons. The molecule has 110 valence electrons. The number of carbonyl (C=O) groups is 1. The summed E-state index contributed by atoms with van der Waals surface area (Å²) in [6.07, 6.45) is 1.94. The average molecular weight is 302 g/mol. The molecule has 21 heavy (non-hydrogen) atoms. The molecular weight excluding hydrogens is 296 g/mol. The second-order valence-corrected chi connectivity index (χ2v) is 3.77.